The summed E-state index contributed by atoms with van der Waals surface area (Å²) in [6.07, 6.45) is 0. The molecule has 0 amide bonds. The van der Waals surface area contributed by atoms with E-state index in [-0.39, 0.29) is 16.5 Å². The average molecular weight is 376 g/mol. The Morgan fingerprint density at radius 2 is 1.69 bits per heavy atom. The van der Waals surface area contributed by atoms with Crippen molar-refractivity contribution in [3.63, 3.8) is 0 Å². The summed E-state index contributed by atoms with van der Waals surface area (Å²) in [7, 11) is -1.90. The van der Waals surface area contributed by atoms with Crippen molar-refractivity contribution in [1.82, 2.24) is 9.62 Å². The summed E-state index contributed by atoms with van der Waals surface area (Å²) in [6, 6.07) is 13.4. The van der Waals surface area contributed by atoms with Crippen LogP contribution in [0.4, 0.5) is 0 Å². The Hall–Kier alpha value is -2.22. The lowest BCUT2D eigenvalue weighted by molar-refractivity contribution is 0.0696. The number of nitrogens with zero attached hydrogens (tertiary/aromatic N) is 1. The molecule has 0 aromatic heterocycles. The number of carbonyl (C=O) groups is 1. The van der Waals surface area contributed by atoms with Crippen molar-refractivity contribution in [3.8, 4) is 0 Å². The second kappa shape index (κ2) is 8.44. The van der Waals surface area contributed by atoms with Crippen molar-refractivity contribution in [1.29, 1.82) is 0 Å². The van der Waals surface area contributed by atoms with E-state index in [4.69, 9.17) is 5.11 Å². The average Bonchev–Trinajstić information content (AvgIpc) is 2.61. The zero-order valence-corrected chi connectivity index (χ0v) is 16.0. The molecule has 140 valence electrons. The van der Waals surface area contributed by atoms with E-state index in [1.165, 1.54) is 4.31 Å². The molecule has 0 atom stereocenters. The predicted octanol–water partition coefficient (Wildman–Crippen LogP) is 2.70. The van der Waals surface area contributed by atoms with Gasteiger partial charge in [-0.3, -0.25) is 0 Å². The van der Waals surface area contributed by atoms with Crippen LogP contribution >= 0.6 is 0 Å². The summed E-state index contributed by atoms with van der Waals surface area (Å²) in [4.78, 5) is 11.2. The minimum Gasteiger partial charge on any atom is -0.478 e. The van der Waals surface area contributed by atoms with E-state index in [1.807, 2.05) is 19.9 Å². The third kappa shape index (κ3) is 4.91. The third-order valence-corrected chi connectivity index (χ3v) is 6.21. The maximum absolute atomic E-state index is 12.4. The number of carboxylic acid groups (broad SMARTS) is 1. The molecule has 0 aliphatic rings. The zero-order valence-electron chi connectivity index (χ0n) is 15.1. The Balaban J connectivity index is 1.98. The summed E-state index contributed by atoms with van der Waals surface area (Å²) in [5.41, 5.74) is 2.08. The van der Waals surface area contributed by atoms with Gasteiger partial charge in [0.2, 0.25) is 10.0 Å². The minimum absolute atomic E-state index is 0.108. The van der Waals surface area contributed by atoms with Gasteiger partial charge in [-0.2, -0.15) is 4.31 Å². The fourth-order valence-electron chi connectivity index (χ4n) is 2.39. The molecule has 0 saturated carbocycles. The quantitative estimate of drug-likeness (QED) is 0.740. The highest BCUT2D eigenvalue weighted by Gasteiger charge is 2.22. The molecule has 0 aliphatic heterocycles. The molecule has 0 fully saturated rings. The van der Waals surface area contributed by atoms with Crippen LogP contribution in [-0.4, -0.2) is 36.9 Å². The van der Waals surface area contributed by atoms with E-state index >= 15 is 0 Å². The van der Waals surface area contributed by atoms with Crippen molar-refractivity contribution in [2.45, 2.75) is 37.9 Å². The van der Waals surface area contributed by atoms with Crippen LogP contribution in [-0.2, 0) is 23.1 Å². The molecule has 0 bridgehead atoms. The van der Waals surface area contributed by atoms with Gasteiger partial charge in [-0.05, 0) is 49.2 Å². The Morgan fingerprint density at radius 3 is 2.27 bits per heavy atom. The van der Waals surface area contributed by atoms with Crippen molar-refractivity contribution in [3.05, 3.63) is 65.2 Å². The van der Waals surface area contributed by atoms with Gasteiger partial charge in [0.05, 0.1) is 10.5 Å². The van der Waals surface area contributed by atoms with E-state index in [2.05, 4.69) is 5.32 Å². The topological polar surface area (TPSA) is 86.7 Å². The number of rotatable bonds is 8. The van der Waals surface area contributed by atoms with Crippen LogP contribution in [0, 0.1) is 0 Å². The Kier molecular flexibility index (Phi) is 6.52. The molecule has 0 radical (unpaired) electrons. The van der Waals surface area contributed by atoms with Crippen LogP contribution in [0.15, 0.2) is 53.4 Å². The summed E-state index contributed by atoms with van der Waals surface area (Å²) >= 11 is 0. The van der Waals surface area contributed by atoms with Gasteiger partial charge in [-0.1, -0.05) is 24.3 Å². The Morgan fingerprint density at radius 1 is 1.08 bits per heavy atom. The van der Waals surface area contributed by atoms with Crippen LogP contribution in [0.3, 0.4) is 0 Å². The van der Waals surface area contributed by atoms with Crippen LogP contribution in [0.1, 0.15) is 35.3 Å². The highest BCUT2D eigenvalue weighted by Crippen LogP contribution is 2.17. The normalized spacial score (nSPS) is 11.9. The zero-order chi connectivity index (χ0) is 19.3. The maximum Gasteiger partial charge on any atom is 0.335 e. The van der Waals surface area contributed by atoms with Gasteiger partial charge in [-0.15, -0.1) is 0 Å². The van der Waals surface area contributed by atoms with Crippen molar-refractivity contribution in [2.24, 2.45) is 0 Å². The van der Waals surface area contributed by atoms with Crippen LogP contribution in [0.2, 0.25) is 0 Å². The number of nitrogens with one attached hydrogen (secondary N) is 1. The molecular formula is C19H24N2O4S. The van der Waals surface area contributed by atoms with Gasteiger partial charge in [-0.25, -0.2) is 13.2 Å². The fraction of sp³-hybridized carbons (Fsp3) is 0.316. The van der Waals surface area contributed by atoms with Crippen molar-refractivity contribution < 1.29 is 18.3 Å². The van der Waals surface area contributed by atoms with Gasteiger partial charge >= 0.3 is 5.97 Å². The molecule has 0 unspecified atom stereocenters. The number of sulfonamides is 1. The maximum atomic E-state index is 12.4. The molecule has 0 saturated heterocycles. The first kappa shape index (κ1) is 20.1. The highest BCUT2D eigenvalue weighted by molar-refractivity contribution is 7.89. The van der Waals surface area contributed by atoms with Gasteiger partial charge in [0.25, 0.3) is 0 Å². The van der Waals surface area contributed by atoms with Crippen LogP contribution in [0.25, 0.3) is 0 Å². The second-order valence-corrected chi connectivity index (χ2v) is 8.37. The third-order valence-electron chi connectivity index (χ3n) is 4.16. The number of aromatic carboxylic acids is 1. The number of hydrogen-bond acceptors (Lipinski definition) is 4. The first-order valence-electron chi connectivity index (χ1n) is 8.31. The monoisotopic (exact) mass is 376 g/mol. The lowest BCUT2D eigenvalue weighted by Crippen LogP contribution is -2.33. The molecule has 2 aromatic carbocycles. The first-order chi connectivity index (χ1) is 12.2. The van der Waals surface area contributed by atoms with Crippen LogP contribution in [0.5, 0.6) is 0 Å². The van der Waals surface area contributed by atoms with E-state index < -0.39 is 16.0 Å². The SMILES string of the molecule is CC(C)N(C)S(=O)(=O)c1ccc(CNCc2cccc(C(=O)O)c2)cc1. The van der Waals surface area contributed by atoms with Gasteiger partial charge in [0, 0.05) is 26.2 Å². The predicted molar refractivity (Wildman–Crippen MR) is 100 cm³/mol. The summed E-state index contributed by atoms with van der Waals surface area (Å²) in [5.74, 6) is -0.949. The summed E-state index contributed by atoms with van der Waals surface area (Å²) < 4.78 is 26.2. The van der Waals surface area contributed by atoms with E-state index in [9.17, 15) is 13.2 Å². The molecule has 0 heterocycles. The molecule has 2 N–H and O–H groups in total. The number of hydrogen-bond donors (Lipinski definition) is 2. The first-order valence-corrected chi connectivity index (χ1v) is 9.75. The van der Waals surface area contributed by atoms with E-state index in [1.54, 1.807) is 49.5 Å². The lowest BCUT2D eigenvalue weighted by atomic mass is 10.1. The summed E-state index contributed by atoms with van der Waals surface area (Å²) in [6.45, 7) is 4.74. The van der Waals surface area contributed by atoms with E-state index in [0.29, 0.717) is 13.1 Å². The van der Waals surface area contributed by atoms with E-state index in [0.717, 1.165) is 11.1 Å². The smallest absolute Gasteiger partial charge is 0.335 e. The number of carboxylic acids is 1. The highest BCUT2D eigenvalue weighted by atomic mass is 32.2. The van der Waals surface area contributed by atoms with Crippen molar-refractivity contribution >= 4 is 16.0 Å². The molecule has 0 spiro atoms. The number of benzene rings is 2. The molecule has 0 aliphatic carbocycles. The van der Waals surface area contributed by atoms with Gasteiger partial charge in [0.1, 0.15) is 0 Å². The Labute approximate surface area is 154 Å². The lowest BCUT2D eigenvalue weighted by Gasteiger charge is -2.21. The van der Waals surface area contributed by atoms with Crippen molar-refractivity contribution in [2.75, 3.05) is 7.05 Å². The molecule has 6 nitrogen and oxygen atoms in total. The molecular weight excluding hydrogens is 352 g/mol. The largest absolute Gasteiger partial charge is 0.478 e. The van der Waals surface area contributed by atoms with Gasteiger partial charge < -0.3 is 10.4 Å². The molecule has 26 heavy (non-hydrogen) atoms. The van der Waals surface area contributed by atoms with Gasteiger partial charge in [0.15, 0.2) is 0 Å². The fourth-order valence-corrected chi connectivity index (χ4v) is 3.76. The van der Waals surface area contributed by atoms with Crippen LogP contribution < -0.4 is 5.32 Å². The molecule has 2 rings (SSSR count). The second-order valence-electron chi connectivity index (χ2n) is 6.37. The standard InChI is InChI=1S/C19H24N2O4S/c1-14(2)21(3)26(24,25)18-9-7-15(8-10-18)12-20-13-16-5-4-6-17(11-16)19(22)23/h4-11,14,20H,12-13H2,1-3H3,(H,22,23). The molecule has 2 aromatic rings. The Bertz CT molecular complexity index is 861. The minimum atomic E-state index is -3.47. The molecule has 7 heteroatoms. The summed E-state index contributed by atoms with van der Waals surface area (Å²) in [5, 5.41) is 12.2.